The third-order valence-electron chi connectivity index (χ3n) is 5.38. The number of phosphoric acid groups is 1. The molecule has 0 amide bonds. The first-order valence-electron chi connectivity index (χ1n) is 11.8. The van der Waals surface area contributed by atoms with E-state index in [0.29, 0.717) is 6.42 Å². The van der Waals surface area contributed by atoms with Gasteiger partial charge in [-0.3, -0.25) is 4.79 Å². The average molecular weight is 538 g/mol. The minimum atomic E-state index is -5.60. The summed E-state index contributed by atoms with van der Waals surface area (Å²) in [5.74, 6) is -4.19. The monoisotopic (exact) mass is 538 g/mol. The standard InChI is InChI=1S/C22H39O10P.2Na/c1-2-3-4-5-6-7-8-9-10-11-12-13-14-15-18(24)30-16-17(23)20-21(32-33(27,28)29)19(25)22(26)31-20;;/h17,20,23,25H,2-16H2,1H3,(H2,27,28,29);;/q;2*+1/p-2/t17-,20+;;/m0../s1. The van der Waals surface area contributed by atoms with Gasteiger partial charge in [-0.1, -0.05) is 84.0 Å². The number of hydrogen-bond donors (Lipinski definition) is 2. The summed E-state index contributed by atoms with van der Waals surface area (Å²) in [6, 6.07) is 0. The van der Waals surface area contributed by atoms with Crippen LogP contribution in [-0.2, 0) is 28.2 Å². The SMILES string of the molecule is CCCCCCCCCCCCCCCC(=O)OC[C@H](O)[C@H]1OC(=O)C(O)=C1OP(=O)([O-])[O-].[Na+].[Na+]. The Balaban J connectivity index is 0. The van der Waals surface area contributed by atoms with Crippen molar-refractivity contribution in [2.45, 2.75) is 109 Å². The van der Waals surface area contributed by atoms with Gasteiger partial charge in [0.1, 0.15) is 20.5 Å². The van der Waals surface area contributed by atoms with Crippen LogP contribution in [0.2, 0.25) is 0 Å². The van der Waals surface area contributed by atoms with E-state index in [9.17, 15) is 34.2 Å². The second-order valence-corrected chi connectivity index (χ2v) is 9.40. The third kappa shape index (κ3) is 17.5. The van der Waals surface area contributed by atoms with Crippen LogP contribution in [0.25, 0.3) is 0 Å². The van der Waals surface area contributed by atoms with Crippen LogP contribution < -0.4 is 68.9 Å². The molecule has 0 aromatic rings. The van der Waals surface area contributed by atoms with E-state index in [-0.39, 0.29) is 65.5 Å². The quantitative estimate of drug-likeness (QED) is 0.0746. The molecular formula is C22H37Na2O10P. The molecule has 1 rings (SSSR count). The van der Waals surface area contributed by atoms with Crippen molar-refractivity contribution in [3.8, 4) is 0 Å². The summed E-state index contributed by atoms with van der Waals surface area (Å²) in [5, 5.41) is 19.5. The summed E-state index contributed by atoms with van der Waals surface area (Å²) < 4.78 is 24.2. The van der Waals surface area contributed by atoms with Crippen LogP contribution in [0.3, 0.4) is 0 Å². The van der Waals surface area contributed by atoms with Gasteiger partial charge in [-0.05, 0) is 6.42 Å². The molecule has 0 spiro atoms. The Kier molecular flexibility index (Phi) is 22.9. The first-order chi connectivity index (χ1) is 15.7. The second-order valence-electron chi connectivity index (χ2n) is 8.32. The van der Waals surface area contributed by atoms with Crippen molar-refractivity contribution in [1.82, 2.24) is 0 Å². The van der Waals surface area contributed by atoms with Crippen molar-refractivity contribution in [1.29, 1.82) is 0 Å². The van der Waals surface area contributed by atoms with Crippen LogP contribution in [0.1, 0.15) is 96.8 Å². The summed E-state index contributed by atoms with van der Waals surface area (Å²) >= 11 is 0. The smallest absolute Gasteiger partial charge is 0.780 e. The molecule has 0 aromatic carbocycles. The fourth-order valence-electron chi connectivity index (χ4n) is 3.55. The molecule has 0 bridgehead atoms. The molecule has 35 heavy (non-hydrogen) atoms. The molecule has 0 radical (unpaired) electrons. The van der Waals surface area contributed by atoms with E-state index < -0.39 is 50.1 Å². The number of rotatable bonds is 19. The molecule has 0 aromatic heterocycles. The third-order valence-corrected chi connectivity index (χ3v) is 5.80. The number of hydrogen-bond acceptors (Lipinski definition) is 10. The molecule has 0 fully saturated rings. The van der Waals surface area contributed by atoms with E-state index in [1.165, 1.54) is 57.8 Å². The van der Waals surface area contributed by atoms with Gasteiger partial charge in [0.05, 0.1) is 0 Å². The van der Waals surface area contributed by atoms with Gasteiger partial charge in [0.2, 0.25) is 5.76 Å². The number of aliphatic hydroxyl groups is 2. The molecule has 1 aliphatic rings. The van der Waals surface area contributed by atoms with E-state index in [2.05, 4.69) is 16.2 Å². The summed E-state index contributed by atoms with van der Waals surface area (Å²) in [5.41, 5.74) is 0. The topological polar surface area (TPSA) is 165 Å². The summed E-state index contributed by atoms with van der Waals surface area (Å²) in [6.07, 6.45) is 11.9. The number of ether oxygens (including phenoxy) is 2. The molecule has 2 N–H and O–H groups in total. The summed E-state index contributed by atoms with van der Waals surface area (Å²) in [7, 11) is -5.60. The van der Waals surface area contributed by atoms with Crippen LogP contribution in [0, 0.1) is 0 Å². The largest absolute Gasteiger partial charge is 1.00 e. The fourth-order valence-corrected chi connectivity index (χ4v) is 3.99. The Bertz CT molecular complexity index is 683. The van der Waals surface area contributed by atoms with Gasteiger partial charge in [-0.2, -0.15) is 0 Å². The molecule has 10 nitrogen and oxygen atoms in total. The Morgan fingerprint density at radius 3 is 1.89 bits per heavy atom. The zero-order valence-electron chi connectivity index (χ0n) is 21.4. The Morgan fingerprint density at radius 1 is 0.971 bits per heavy atom. The zero-order chi connectivity index (χ0) is 24.7. The predicted octanol–water partition coefficient (Wildman–Crippen LogP) is -3.08. The molecule has 1 heterocycles. The number of carbonyl (C=O) groups excluding carboxylic acids is 2. The minimum Gasteiger partial charge on any atom is -0.780 e. The van der Waals surface area contributed by atoms with Crippen LogP contribution in [0.4, 0.5) is 0 Å². The minimum absolute atomic E-state index is 0. The maximum atomic E-state index is 11.8. The molecular weight excluding hydrogens is 501 g/mol. The number of esters is 2. The number of carbonyl (C=O) groups is 2. The number of cyclic esters (lactones) is 1. The summed E-state index contributed by atoms with van der Waals surface area (Å²) in [4.78, 5) is 44.7. The Hall–Kier alpha value is 0.390. The molecule has 2 atom stereocenters. The first kappa shape index (κ1) is 37.5. The number of phosphoric ester groups is 1. The van der Waals surface area contributed by atoms with Crippen LogP contribution in [0.15, 0.2) is 11.5 Å². The zero-order valence-corrected chi connectivity index (χ0v) is 26.3. The van der Waals surface area contributed by atoms with E-state index in [0.717, 1.165) is 19.3 Å². The van der Waals surface area contributed by atoms with Gasteiger partial charge in [0.25, 0.3) is 0 Å². The van der Waals surface area contributed by atoms with Crippen molar-refractivity contribution in [3.05, 3.63) is 11.5 Å². The molecule has 0 saturated heterocycles. The van der Waals surface area contributed by atoms with Gasteiger partial charge in [0.15, 0.2) is 11.9 Å². The molecule has 13 heteroatoms. The van der Waals surface area contributed by atoms with Crippen LogP contribution in [-0.4, -0.2) is 41.0 Å². The van der Waals surface area contributed by atoms with E-state index >= 15 is 0 Å². The average Bonchev–Trinajstić information content (AvgIpc) is 3.02. The van der Waals surface area contributed by atoms with Gasteiger partial charge in [-0.15, -0.1) is 0 Å². The molecule has 0 saturated carbocycles. The van der Waals surface area contributed by atoms with Crippen molar-refractivity contribution in [2.24, 2.45) is 0 Å². The second kappa shape index (κ2) is 21.3. The molecule has 0 unspecified atom stereocenters. The van der Waals surface area contributed by atoms with Gasteiger partial charge < -0.3 is 38.6 Å². The molecule has 0 aliphatic carbocycles. The normalized spacial score (nSPS) is 16.2. The van der Waals surface area contributed by atoms with E-state index in [1.807, 2.05) is 0 Å². The van der Waals surface area contributed by atoms with Crippen molar-refractivity contribution >= 4 is 19.8 Å². The van der Waals surface area contributed by atoms with Gasteiger partial charge in [0, 0.05) is 6.42 Å². The predicted molar refractivity (Wildman–Crippen MR) is 116 cm³/mol. The van der Waals surface area contributed by atoms with E-state index in [4.69, 9.17) is 4.74 Å². The summed E-state index contributed by atoms with van der Waals surface area (Å²) in [6.45, 7) is 1.59. The maximum Gasteiger partial charge on any atom is 1.00 e. The fraction of sp³-hybridized carbons (Fsp3) is 0.818. The van der Waals surface area contributed by atoms with Crippen LogP contribution in [0.5, 0.6) is 0 Å². The first-order valence-corrected chi connectivity index (χ1v) is 13.3. The molecule has 1 aliphatic heterocycles. The number of unbranched alkanes of at least 4 members (excludes halogenated alkanes) is 12. The van der Waals surface area contributed by atoms with Crippen molar-refractivity contribution < 1.29 is 107 Å². The molecule has 192 valence electrons. The Morgan fingerprint density at radius 2 is 1.43 bits per heavy atom. The Labute approximate surface area is 252 Å². The van der Waals surface area contributed by atoms with Gasteiger partial charge in [-0.25, -0.2) is 4.79 Å². The van der Waals surface area contributed by atoms with E-state index in [1.54, 1.807) is 0 Å². The maximum absolute atomic E-state index is 11.8. The van der Waals surface area contributed by atoms with Gasteiger partial charge >= 0.3 is 71.1 Å². The van der Waals surface area contributed by atoms with Crippen molar-refractivity contribution in [2.75, 3.05) is 6.61 Å². The number of aliphatic hydroxyl groups excluding tert-OH is 2. The van der Waals surface area contributed by atoms with Crippen molar-refractivity contribution in [3.63, 3.8) is 0 Å². The van der Waals surface area contributed by atoms with Crippen LogP contribution >= 0.6 is 7.82 Å².